The van der Waals surface area contributed by atoms with E-state index >= 15 is 0 Å². The molecular formula is C17H17NO5. The standard InChI is InChI=1S/C17H17NO5/c19-14(9-23-17(21)11-4-2-1-3-5-11)12-6-7-15-13(8-12)18-16(20)10-22-15/h1-2,6-8,11H,3-5,9-10H2,(H,18,20)/t11-/m1/s1. The number of hydrogen-bond acceptors (Lipinski definition) is 5. The first-order valence-corrected chi connectivity index (χ1v) is 7.55. The molecule has 1 aliphatic heterocycles. The summed E-state index contributed by atoms with van der Waals surface area (Å²) in [6.45, 7) is -0.333. The molecule has 1 amide bonds. The molecule has 0 spiro atoms. The molecule has 0 saturated carbocycles. The lowest BCUT2D eigenvalue weighted by molar-refractivity contribution is -0.147. The van der Waals surface area contributed by atoms with Crippen LogP contribution in [0.2, 0.25) is 0 Å². The first-order chi connectivity index (χ1) is 11.1. The Labute approximate surface area is 133 Å². The number of carbonyl (C=O) groups excluding carboxylic acids is 3. The molecule has 1 atom stereocenters. The normalized spacial score (nSPS) is 19.3. The number of fused-ring (bicyclic) bond motifs is 1. The summed E-state index contributed by atoms with van der Waals surface area (Å²) in [5, 5.41) is 2.64. The molecule has 0 saturated heterocycles. The van der Waals surface area contributed by atoms with Crippen LogP contribution in [0.15, 0.2) is 30.4 Å². The molecule has 2 aliphatic rings. The Morgan fingerprint density at radius 3 is 2.96 bits per heavy atom. The van der Waals surface area contributed by atoms with Crippen molar-refractivity contribution in [2.75, 3.05) is 18.5 Å². The Bertz CT molecular complexity index is 680. The van der Waals surface area contributed by atoms with Crippen LogP contribution in [0, 0.1) is 5.92 Å². The summed E-state index contributed by atoms with van der Waals surface area (Å²) in [6, 6.07) is 4.75. The van der Waals surface area contributed by atoms with Gasteiger partial charge in [-0.05, 0) is 37.5 Å². The van der Waals surface area contributed by atoms with Crippen LogP contribution in [0.4, 0.5) is 5.69 Å². The highest BCUT2D eigenvalue weighted by atomic mass is 16.5. The zero-order valence-electron chi connectivity index (χ0n) is 12.5. The van der Waals surface area contributed by atoms with Crippen molar-refractivity contribution in [1.29, 1.82) is 0 Å². The first kappa shape index (κ1) is 15.3. The van der Waals surface area contributed by atoms with Crippen LogP contribution in [-0.4, -0.2) is 30.9 Å². The number of benzene rings is 1. The lowest BCUT2D eigenvalue weighted by atomic mass is 9.95. The fourth-order valence-corrected chi connectivity index (χ4v) is 2.60. The van der Waals surface area contributed by atoms with E-state index in [1.54, 1.807) is 12.1 Å². The van der Waals surface area contributed by atoms with Gasteiger partial charge >= 0.3 is 5.97 Å². The fourth-order valence-electron chi connectivity index (χ4n) is 2.60. The average Bonchev–Trinajstić information content (AvgIpc) is 2.59. The van der Waals surface area contributed by atoms with E-state index in [1.165, 1.54) is 6.07 Å². The summed E-state index contributed by atoms with van der Waals surface area (Å²) in [4.78, 5) is 35.4. The fraction of sp³-hybridized carbons (Fsp3) is 0.353. The van der Waals surface area contributed by atoms with Crippen LogP contribution in [0.1, 0.15) is 29.6 Å². The summed E-state index contributed by atoms with van der Waals surface area (Å²) in [5.41, 5.74) is 0.821. The van der Waals surface area contributed by atoms with Gasteiger partial charge in [-0.15, -0.1) is 0 Å². The van der Waals surface area contributed by atoms with Crippen molar-refractivity contribution in [3.05, 3.63) is 35.9 Å². The zero-order chi connectivity index (χ0) is 16.2. The molecule has 0 fully saturated rings. The van der Waals surface area contributed by atoms with E-state index in [2.05, 4.69) is 5.32 Å². The molecule has 0 aromatic heterocycles. The molecule has 3 rings (SSSR count). The number of ketones is 1. The predicted octanol–water partition coefficient (Wildman–Crippen LogP) is 2.10. The highest BCUT2D eigenvalue weighted by Crippen LogP contribution is 2.28. The predicted molar refractivity (Wildman–Crippen MR) is 82.3 cm³/mol. The number of carbonyl (C=O) groups is 3. The Kier molecular flexibility index (Phi) is 4.41. The van der Waals surface area contributed by atoms with Gasteiger partial charge in [0.2, 0.25) is 0 Å². The van der Waals surface area contributed by atoms with Crippen molar-refractivity contribution in [3.8, 4) is 5.75 Å². The molecule has 1 aliphatic carbocycles. The van der Waals surface area contributed by atoms with Crippen LogP contribution in [0.25, 0.3) is 0 Å². The van der Waals surface area contributed by atoms with Crippen molar-refractivity contribution in [2.45, 2.75) is 19.3 Å². The monoisotopic (exact) mass is 315 g/mol. The molecule has 1 aromatic carbocycles. The number of allylic oxidation sites excluding steroid dienone is 2. The van der Waals surface area contributed by atoms with Gasteiger partial charge in [0.1, 0.15) is 5.75 Å². The number of Topliss-reactive ketones (excluding diaryl/α,β-unsaturated/α-hetero) is 1. The van der Waals surface area contributed by atoms with E-state index < -0.39 is 0 Å². The lowest BCUT2D eigenvalue weighted by Crippen LogP contribution is -2.26. The summed E-state index contributed by atoms with van der Waals surface area (Å²) in [7, 11) is 0. The number of ether oxygens (including phenoxy) is 2. The van der Waals surface area contributed by atoms with Gasteiger partial charge in [0.05, 0.1) is 11.6 Å². The number of nitrogens with one attached hydrogen (secondary N) is 1. The van der Waals surface area contributed by atoms with Crippen molar-refractivity contribution in [2.24, 2.45) is 5.92 Å². The maximum atomic E-state index is 12.2. The van der Waals surface area contributed by atoms with Gasteiger partial charge in [-0.3, -0.25) is 14.4 Å². The van der Waals surface area contributed by atoms with E-state index in [4.69, 9.17) is 9.47 Å². The number of amides is 1. The number of rotatable bonds is 4. The van der Waals surface area contributed by atoms with Crippen LogP contribution >= 0.6 is 0 Å². The van der Waals surface area contributed by atoms with Gasteiger partial charge in [0.15, 0.2) is 19.0 Å². The van der Waals surface area contributed by atoms with E-state index in [-0.39, 0.29) is 36.8 Å². The van der Waals surface area contributed by atoms with Crippen LogP contribution in [-0.2, 0) is 14.3 Å². The lowest BCUT2D eigenvalue weighted by Gasteiger charge is -2.18. The third-order valence-electron chi connectivity index (χ3n) is 3.88. The van der Waals surface area contributed by atoms with E-state index in [0.717, 1.165) is 12.8 Å². The van der Waals surface area contributed by atoms with Crippen LogP contribution in [0.5, 0.6) is 5.75 Å². The SMILES string of the molecule is O=C1COc2ccc(C(=O)COC(=O)[C@@H]3CC=CCC3)cc2N1. The Balaban J connectivity index is 1.60. The maximum absolute atomic E-state index is 12.2. The average molecular weight is 315 g/mol. The molecule has 120 valence electrons. The third-order valence-corrected chi connectivity index (χ3v) is 3.88. The van der Waals surface area contributed by atoms with E-state index in [0.29, 0.717) is 23.4 Å². The Morgan fingerprint density at radius 2 is 2.17 bits per heavy atom. The Morgan fingerprint density at radius 1 is 1.30 bits per heavy atom. The molecule has 0 radical (unpaired) electrons. The smallest absolute Gasteiger partial charge is 0.309 e. The second-order valence-corrected chi connectivity index (χ2v) is 5.56. The van der Waals surface area contributed by atoms with Gasteiger partial charge in [0, 0.05) is 5.56 Å². The van der Waals surface area contributed by atoms with Gasteiger partial charge in [-0.1, -0.05) is 12.2 Å². The molecule has 1 aromatic rings. The molecule has 0 bridgehead atoms. The molecule has 6 nitrogen and oxygen atoms in total. The van der Waals surface area contributed by atoms with Crippen molar-refractivity contribution in [1.82, 2.24) is 0 Å². The second-order valence-electron chi connectivity index (χ2n) is 5.56. The van der Waals surface area contributed by atoms with Crippen LogP contribution in [0.3, 0.4) is 0 Å². The van der Waals surface area contributed by atoms with Crippen molar-refractivity contribution in [3.63, 3.8) is 0 Å². The summed E-state index contributed by atoms with van der Waals surface area (Å²) >= 11 is 0. The largest absolute Gasteiger partial charge is 0.482 e. The number of esters is 1. The van der Waals surface area contributed by atoms with E-state index in [9.17, 15) is 14.4 Å². The van der Waals surface area contributed by atoms with Crippen LogP contribution < -0.4 is 10.1 Å². The third kappa shape index (κ3) is 3.59. The quantitative estimate of drug-likeness (QED) is 0.523. The maximum Gasteiger partial charge on any atom is 0.309 e. The summed E-state index contributed by atoms with van der Waals surface area (Å²) in [6.07, 6.45) is 6.28. The minimum atomic E-state index is -0.336. The highest BCUT2D eigenvalue weighted by molar-refractivity contribution is 6.01. The first-order valence-electron chi connectivity index (χ1n) is 7.55. The minimum absolute atomic E-state index is 0.0340. The van der Waals surface area contributed by atoms with Crippen molar-refractivity contribution >= 4 is 23.3 Å². The molecule has 1 heterocycles. The highest BCUT2D eigenvalue weighted by Gasteiger charge is 2.22. The van der Waals surface area contributed by atoms with Gasteiger partial charge in [-0.25, -0.2) is 0 Å². The zero-order valence-corrected chi connectivity index (χ0v) is 12.5. The van der Waals surface area contributed by atoms with Crippen molar-refractivity contribution < 1.29 is 23.9 Å². The Hall–Kier alpha value is -2.63. The molecule has 23 heavy (non-hydrogen) atoms. The van der Waals surface area contributed by atoms with E-state index in [1.807, 2.05) is 12.2 Å². The number of anilines is 1. The van der Waals surface area contributed by atoms with Gasteiger partial charge in [-0.2, -0.15) is 0 Å². The summed E-state index contributed by atoms with van der Waals surface area (Å²) in [5.74, 6) is -0.556. The topological polar surface area (TPSA) is 81.7 Å². The van der Waals surface area contributed by atoms with Gasteiger partial charge in [0.25, 0.3) is 5.91 Å². The molecular weight excluding hydrogens is 298 g/mol. The minimum Gasteiger partial charge on any atom is -0.482 e. The molecule has 0 unspecified atom stereocenters. The number of hydrogen-bond donors (Lipinski definition) is 1. The summed E-state index contributed by atoms with van der Waals surface area (Å²) < 4.78 is 10.4. The van der Waals surface area contributed by atoms with Gasteiger partial charge < -0.3 is 14.8 Å². The molecule has 6 heteroatoms. The second kappa shape index (κ2) is 6.64. The molecule has 1 N–H and O–H groups in total.